The Kier molecular flexibility index (Phi) is 10.0. The predicted octanol–water partition coefficient (Wildman–Crippen LogP) is 4.54. The molecular formula is C11H24. The van der Waals surface area contributed by atoms with Crippen LogP contribution in [0.3, 0.4) is 0 Å². The van der Waals surface area contributed by atoms with Gasteiger partial charge in [-0.05, 0) is 0 Å². The van der Waals surface area contributed by atoms with Gasteiger partial charge in [0, 0.05) is 0 Å². The molecule has 68 valence electrons. The largest absolute Gasteiger partial charge is 0.0654 e. The molecule has 0 N–H and O–H groups in total. The molecule has 0 aromatic carbocycles. The molecule has 1 aliphatic rings. The maximum Gasteiger partial charge on any atom is -0.0533 e. The van der Waals surface area contributed by atoms with Crippen molar-refractivity contribution in [3.63, 3.8) is 0 Å². The van der Waals surface area contributed by atoms with Crippen LogP contribution in [0.15, 0.2) is 0 Å². The van der Waals surface area contributed by atoms with E-state index in [1.165, 1.54) is 57.8 Å². The average molecular weight is 156 g/mol. The second kappa shape index (κ2) is 10.0. The van der Waals surface area contributed by atoms with E-state index in [0.29, 0.717) is 0 Å². The molecule has 0 heterocycles. The van der Waals surface area contributed by atoms with Crippen LogP contribution in [-0.2, 0) is 0 Å². The molecular weight excluding hydrogens is 132 g/mol. The summed E-state index contributed by atoms with van der Waals surface area (Å²) in [4.78, 5) is 0. The second-order valence-corrected chi connectivity index (χ2v) is 3.47. The molecule has 11 heavy (non-hydrogen) atoms. The normalized spacial score (nSPS) is 13.6. The number of hydrogen-bond acceptors (Lipinski definition) is 0. The van der Waals surface area contributed by atoms with Crippen LogP contribution in [0.1, 0.15) is 71.6 Å². The lowest BCUT2D eigenvalue weighted by atomic mass is 10.1. The molecule has 0 unspecified atom stereocenters. The van der Waals surface area contributed by atoms with E-state index in [-0.39, 0.29) is 0 Å². The molecule has 1 aliphatic carbocycles. The van der Waals surface area contributed by atoms with Crippen molar-refractivity contribution in [1.29, 1.82) is 0 Å². The highest BCUT2D eigenvalue weighted by Gasteiger charge is 1.95. The Morgan fingerprint density at radius 2 is 1.00 bits per heavy atom. The van der Waals surface area contributed by atoms with Gasteiger partial charge in [-0.25, -0.2) is 0 Å². The van der Waals surface area contributed by atoms with Gasteiger partial charge in [-0.1, -0.05) is 71.6 Å². The van der Waals surface area contributed by atoms with Gasteiger partial charge in [0.05, 0.1) is 0 Å². The quantitative estimate of drug-likeness (QED) is 0.513. The van der Waals surface area contributed by atoms with Gasteiger partial charge >= 0.3 is 0 Å². The fraction of sp³-hybridized carbons (Fsp3) is 1.00. The van der Waals surface area contributed by atoms with Gasteiger partial charge < -0.3 is 0 Å². The summed E-state index contributed by atoms with van der Waals surface area (Å²) in [6.45, 7) is 4.51. The summed E-state index contributed by atoms with van der Waals surface area (Å²) in [6, 6.07) is 0. The summed E-state index contributed by atoms with van der Waals surface area (Å²) < 4.78 is 0. The van der Waals surface area contributed by atoms with Crippen molar-refractivity contribution in [2.24, 2.45) is 0 Å². The van der Waals surface area contributed by atoms with Crippen molar-refractivity contribution in [1.82, 2.24) is 0 Å². The van der Waals surface area contributed by atoms with Crippen molar-refractivity contribution in [3.05, 3.63) is 0 Å². The maximum atomic E-state index is 2.26. The Labute approximate surface area is 72.4 Å². The molecule has 0 amide bonds. The van der Waals surface area contributed by atoms with Crippen LogP contribution in [0, 0.1) is 0 Å². The van der Waals surface area contributed by atoms with Gasteiger partial charge in [-0.15, -0.1) is 0 Å². The van der Waals surface area contributed by atoms with Gasteiger partial charge in [0.1, 0.15) is 0 Å². The monoisotopic (exact) mass is 156 g/mol. The van der Waals surface area contributed by atoms with Crippen molar-refractivity contribution >= 4 is 0 Å². The highest BCUT2D eigenvalue weighted by Crippen LogP contribution is 2.14. The Bertz CT molecular complexity index is 46.3. The molecule has 0 atom stereocenters. The van der Waals surface area contributed by atoms with Gasteiger partial charge in [-0.3, -0.25) is 0 Å². The topological polar surface area (TPSA) is 0 Å². The van der Waals surface area contributed by atoms with E-state index >= 15 is 0 Å². The van der Waals surface area contributed by atoms with Crippen molar-refractivity contribution in [2.75, 3.05) is 0 Å². The summed E-state index contributed by atoms with van der Waals surface area (Å²) in [5.41, 5.74) is 0. The van der Waals surface area contributed by atoms with Crippen LogP contribution in [0.2, 0.25) is 0 Å². The minimum absolute atomic E-state index is 1.36. The molecule has 0 heteroatoms. The molecule has 0 nitrogen and oxygen atoms in total. The molecule has 1 rings (SSSR count). The van der Waals surface area contributed by atoms with E-state index in [1.807, 2.05) is 0 Å². The zero-order valence-corrected chi connectivity index (χ0v) is 8.36. The first-order valence-electron chi connectivity index (χ1n) is 5.41. The summed E-state index contributed by atoms with van der Waals surface area (Å²) in [5.74, 6) is 0. The van der Waals surface area contributed by atoms with E-state index in [4.69, 9.17) is 0 Å². The smallest absolute Gasteiger partial charge is 0.0533 e. The van der Waals surface area contributed by atoms with Gasteiger partial charge in [0.2, 0.25) is 0 Å². The highest BCUT2D eigenvalue weighted by molar-refractivity contribution is 4.50. The minimum atomic E-state index is 1.36. The zero-order chi connectivity index (χ0) is 8.36. The van der Waals surface area contributed by atoms with E-state index in [1.54, 1.807) is 0 Å². The van der Waals surface area contributed by atoms with Gasteiger partial charge in [0.25, 0.3) is 0 Å². The molecule has 0 spiro atoms. The molecule has 0 aromatic rings. The van der Waals surface area contributed by atoms with Gasteiger partial charge in [0.15, 0.2) is 0 Å². The summed E-state index contributed by atoms with van der Waals surface area (Å²) >= 11 is 0. The van der Waals surface area contributed by atoms with Crippen LogP contribution < -0.4 is 0 Å². The Morgan fingerprint density at radius 1 is 0.636 bits per heavy atom. The first-order chi connectivity index (χ1) is 5.41. The maximum absolute atomic E-state index is 2.26. The third kappa shape index (κ3) is 17.8. The Hall–Kier alpha value is 0. The summed E-state index contributed by atoms with van der Waals surface area (Å²) in [7, 11) is 0. The fourth-order valence-electron chi connectivity index (χ4n) is 0.854. The predicted molar refractivity (Wildman–Crippen MR) is 52.9 cm³/mol. The summed E-state index contributed by atoms with van der Waals surface area (Å²) in [6.07, 6.45) is 13.0. The van der Waals surface area contributed by atoms with Gasteiger partial charge in [-0.2, -0.15) is 0 Å². The third-order valence-electron chi connectivity index (χ3n) is 1.81. The minimum Gasteiger partial charge on any atom is -0.0654 e. The third-order valence-corrected chi connectivity index (χ3v) is 1.81. The highest BCUT2D eigenvalue weighted by atomic mass is 14.0. The van der Waals surface area contributed by atoms with Crippen molar-refractivity contribution in [3.8, 4) is 0 Å². The van der Waals surface area contributed by atoms with Crippen LogP contribution >= 0.6 is 0 Å². The number of rotatable bonds is 5. The van der Waals surface area contributed by atoms with Crippen molar-refractivity contribution in [2.45, 2.75) is 71.6 Å². The standard InChI is InChI=1S/C8H18.C3H6/c1-3-5-7-8-6-4-2;1-2-3-1/h3-8H2,1-2H3;1-3H2. The van der Waals surface area contributed by atoms with E-state index < -0.39 is 0 Å². The average Bonchev–Trinajstić information content (AvgIpc) is 2.84. The molecule has 0 radical (unpaired) electrons. The number of unbranched alkanes of at least 4 members (excludes halogenated alkanes) is 5. The molecule has 1 saturated carbocycles. The lowest BCUT2D eigenvalue weighted by molar-refractivity contribution is 0.624. The van der Waals surface area contributed by atoms with E-state index in [0.717, 1.165) is 0 Å². The van der Waals surface area contributed by atoms with Crippen LogP contribution in [0.4, 0.5) is 0 Å². The lowest BCUT2D eigenvalue weighted by Crippen LogP contribution is -1.73. The molecule has 0 aromatic heterocycles. The van der Waals surface area contributed by atoms with E-state index in [9.17, 15) is 0 Å². The second-order valence-electron chi connectivity index (χ2n) is 3.47. The Morgan fingerprint density at radius 3 is 1.18 bits per heavy atom. The first-order valence-corrected chi connectivity index (χ1v) is 5.41. The Balaban J connectivity index is 0.000000271. The van der Waals surface area contributed by atoms with Crippen LogP contribution in [-0.4, -0.2) is 0 Å². The molecule has 0 saturated heterocycles. The van der Waals surface area contributed by atoms with Crippen LogP contribution in [0.5, 0.6) is 0 Å². The zero-order valence-electron chi connectivity index (χ0n) is 8.36. The van der Waals surface area contributed by atoms with E-state index in [2.05, 4.69) is 13.8 Å². The molecule has 0 bridgehead atoms. The summed E-state index contributed by atoms with van der Waals surface area (Å²) in [5, 5.41) is 0. The van der Waals surface area contributed by atoms with Crippen LogP contribution in [0.25, 0.3) is 0 Å². The first kappa shape index (κ1) is 11.0. The van der Waals surface area contributed by atoms with Crippen molar-refractivity contribution < 1.29 is 0 Å². The lowest BCUT2D eigenvalue weighted by Gasteiger charge is -1.93. The fourth-order valence-corrected chi connectivity index (χ4v) is 0.854. The SMILES string of the molecule is C1CC1.CCCCCCCC. The molecule has 0 aliphatic heterocycles. The number of hydrogen-bond donors (Lipinski definition) is 0. The molecule has 1 fully saturated rings.